The molecule has 0 N–H and O–H groups in total. The van der Waals surface area contributed by atoms with Crippen LogP contribution in [0.2, 0.25) is 0 Å². The summed E-state index contributed by atoms with van der Waals surface area (Å²) in [6.45, 7) is 0. The first-order valence-electron chi connectivity index (χ1n) is 9.38. The van der Waals surface area contributed by atoms with Crippen molar-refractivity contribution < 1.29 is 30.0 Å². The molecule has 0 heterocycles. The van der Waals surface area contributed by atoms with Crippen LogP contribution in [0.5, 0.6) is 0 Å². The van der Waals surface area contributed by atoms with Crippen LogP contribution in [-0.4, -0.2) is 26.2 Å². The van der Waals surface area contributed by atoms with E-state index in [9.17, 15) is 9.59 Å². The summed E-state index contributed by atoms with van der Waals surface area (Å²) in [4.78, 5) is 23.6. The van der Waals surface area contributed by atoms with Crippen LogP contribution in [-0.2, 0) is 9.47 Å². The molecular weight excluding hydrogens is 256 g/mol. The normalized spacial score (nSPS) is 15.5. The van der Waals surface area contributed by atoms with Gasteiger partial charge in [0.25, 0.3) is 0 Å². The Morgan fingerprint density at radius 1 is 0.750 bits per heavy atom. The Hall–Kier alpha value is -2.62. The van der Waals surface area contributed by atoms with E-state index in [2.05, 4.69) is 9.47 Å². The van der Waals surface area contributed by atoms with E-state index in [1.54, 1.807) is 0 Å². The monoisotopic (exact) mass is 278 g/mol. The van der Waals surface area contributed by atoms with Crippen LogP contribution in [0.3, 0.4) is 0 Å². The number of methoxy groups -OCH3 is 2. The summed E-state index contributed by atoms with van der Waals surface area (Å²) < 4.78 is 73.2. The Morgan fingerprint density at radius 3 is 1.30 bits per heavy atom. The van der Waals surface area contributed by atoms with Crippen molar-refractivity contribution in [3.63, 3.8) is 0 Å². The van der Waals surface area contributed by atoms with Gasteiger partial charge in [-0.05, 0) is 35.3 Å². The number of esters is 2. The minimum Gasteiger partial charge on any atom is -0.465 e. The number of ether oxygens (including phenoxy) is 2. The second kappa shape index (κ2) is 6.02. The van der Waals surface area contributed by atoms with Crippen LogP contribution in [0.4, 0.5) is 0 Å². The maximum atomic E-state index is 11.8. The summed E-state index contributed by atoms with van der Waals surface area (Å²) in [7, 11) is 2.02. The van der Waals surface area contributed by atoms with Crippen molar-refractivity contribution >= 4 is 11.9 Å². The number of carbonyl (C=O) groups excluding carboxylic acids is 2. The molecule has 2 aromatic rings. The van der Waals surface area contributed by atoms with Crippen LogP contribution in [0, 0.1) is 0 Å². The van der Waals surface area contributed by atoms with Gasteiger partial charge in [-0.25, -0.2) is 9.59 Å². The van der Waals surface area contributed by atoms with E-state index >= 15 is 0 Å². The molecule has 0 spiro atoms. The quantitative estimate of drug-likeness (QED) is 0.810. The molecule has 0 fully saturated rings. The Balaban J connectivity index is 2.99. The number of rotatable bonds is 3. The van der Waals surface area contributed by atoms with Gasteiger partial charge in [0.2, 0.25) is 0 Å². The highest BCUT2D eigenvalue weighted by atomic mass is 16.5. The zero-order valence-electron chi connectivity index (χ0n) is 18.6. The average Bonchev–Trinajstić information content (AvgIpc) is 2.67. The molecular formula is C16H14O4. The second-order valence-electron chi connectivity index (χ2n) is 3.48. The molecule has 4 nitrogen and oxygen atoms in total. The second-order valence-corrected chi connectivity index (χ2v) is 3.48. The first kappa shape index (κ1) is 6.70. The van der Waals surface area contributed by atoms with Crippen LogP contribution in [0.15, 0.2) is 48.3 Å². The maximum absolute atomic E-state index is 11.8. The van der Waals surface area contributed by atoms with Gasteiger partial charge in [-0.3, -0.25) is 0 Å². The molecule has 0 radical (unpaired) electrons. The van der Waals surface area contributed by atoms with Gasteiger partial charge < -0.3 is 9.47 Å². The third-order valence-corrected chi connectivity index (χ3v) is 2.28. The van der Waals surface area contributed by atoms with Gasteiger partial charge >= 0.3 is 11.9 Å². The summed E-state index contributed by atoms with van der Waals surface area (Å²) in [5.74, 6) is -2.19. The SMILES string of the molecule is [2H]c1c([2H])c(-c2c([2H])c([2H])c(C(=O)OC)c([2H])c2[2H])c([2H])c([2H])c1C(=O)OC. The van der Waals surface area contributed by atoms with E-state index in [0.717, 1.165) is 14.2 Å². The van der Waals surface area contributed by atoms with E-state index in [0.29, 0.717) is 0 Å². The first-order valence-corrected chi connectivity index (χ1v) is 5.38. The fourth-order valence-corrected chi connectivity index (χ4v) is 1.28. The summed E-state index contributed by atoms with van der Waals surface area (Å²) in [6.07, 6.45) is 0. The number of benzene rings is 2. The molecule has 0 aliphatic heterocycles. The van der Waals surface area contributed by atoms with Crippen molar-refractivity contribution in [1.82, 2.24) is 0 Å². The van der Waals surface area contributed by atoms with Crippen LogP contribution in [0.1, 0.15) is 31.7 Å². The summed E-state index contributed by atoms with van der Waals surface area (Å²) in [5.41, 5.74) is -2.31. The standard InChI is InChI=1S/C16H14O4/c1-19-15(17)13-7-3-11(4-8-13)12-5-9-14(10-6-12)16(18)20-2/h3-10H,1-2H3/i3D,4D,5D,6D,7D,8D,9D,10D. The summed E-state index contributed by atoms with van der Waals surface area (Å²) >= 11 is 0. The van der Waals surface area contributed by atoms with Gasteiger partial charge in [0.1, 0.15) is 0 Å². The van der Waals surface area contributed by atoms with Crippen molar-refractivity contribution in [3.8, 4) is 11.1 Å². The van der Waals surface area contributed by atoms with Gasteiger partial charge in [0.05, 0.1) is 36.3 Å². The largest absolute Gasteiger partial charge is 0.465 e. The van der Waals surface area contributed by atoms with E-state index < -0.39 is 82.5 Å². The average molecular weight is 278 g/mol. The van der Waals surface area contributed by atoms with Crippen LogP contribution >= 0.6 is 0 Å². The number of hydrogen-bond donors (Lipinski definition) is 0. The van der Waals surface area contributed by atoms with Crippen molar-refractivity contribution in [2.24, 2.45) is 0 Å². The van der Waals surface area contributed by atoms with Crippen molar-refractivity contribution in [2.75, 3.05) is 14.2 Å². The molecule has 0 bridgehead atoms. The predicted molar refractivity (Wildman–Crippen MR) is 74.6 cm³/mol. The van der Waals surface area contributed by atoms with E-state index in [1.165, 1.54) is 0 Å². The van der Waals surface area contributed by atoms with Crippen molar-refractivity contribution in [1.29, 1.82) is 0 Å². The third kappa shape index (κ3) is 2.85. The van der Waals surface area contributed by atoms with Gasteiger partial charge in [0, 0.05) is 0 Å². The zero-order valence-corrected chi connectivity index (χ0v) is 10.6. The smallest absolute Gasteiger partial charge is 0.337 e. The maximum Gasteiger partial charge on any atom is 0.337 e. The van der Waals surface area contributed by atoms with Crippen LogP contribution < -0.4 is 0 Å². The molecule has 4 heteroatoms. The topological polar surface area (TPSA) is 52.6 Å². The minimum absolute atomic E-state index is 0.531. The molecule has 0 saturated heterocycles. The Labute approximate surface area is 128 Å². The van der Waals surface area contributed by atoms with Crippen LogP contribution in [0.25, 0.3) is 11.1 Å². The molecule has 0 saturated carbocycles. The fraction of sp³-hybridized carbons (Fsp3) is 0.125. The lowest BCUT2D eigenvalue weighted by Gasteiger charge is -2.05. The number of carbonyl (C=O) groups is 2. The lowest BCUT2D eigenvalue weighted by Crippen LogP contribution is -2.01. The highest BCUT2D eigenvalue weighted by molar-refractivity contribution is 5.91. The highest BCUT2D eigenvalue weighted by Gasteiger charge is 2.07. The molecule has 0 aliphatic rings. The summed E-state index contributed by atoms with van der Waals surface area (Å²) in [6, 6.07) is -5.98. The molecule has 0 aliphatic carbocycles. The Morgan fingerprint density at radius 2 is 1.05 bits per heavy atom. The van der Waals surface area contributed by atoms with E-state index in [-0.39, 0.29) is 0 Å². The molecule has 0 atom stereocenters. The lowest BCUT2D eigenvalue weighted by molar-refractivity contribution is 0.0592. The van der Waals surface area contributed by atoms with Gasteiger partial charge in [-0.2, -0.15) is 0 Å². The predicted octanol–water partition coefficient (Wildman–Crippen LogP) is 2.93. The van der Waals surface area contributed by atoms with Gasteiger partial charge in [0.15, 0.2) is 0 Å². The molecule has 0 unspecified atom stereocenters. The highest BCUT2D eigenvalue weighted by Crippen LogP contribution is 2.20. The van der Waals surface area contributed by atoms with Crippen molar-refractivity contribution in [3.05, 3.63) is 59.5 Å². The fourth-order valence-electron chi connectivity index (χ4n) is 1.28. The first-order chi connectivity index (χ1) is 13.0. The van der Waals surface area contributed by atoms with Gasteiger partial charge in [-0.15, -0.1) is 0 Å². The Bertz CT molecular complexity index is 879. The van der Waals surface area contributed by atoms with E-state index in [4.69, 9.17) is 11.0 Å². The third-order valence-electron chi connectivity index (χ3n) is 2.28. The molecule has 2 aromatic carbocycles. The molecule has 20 heavy (non-hydrogen) atoms. The zero-order chi connectivity index (χ0) is 21.5. The summed E-state index contributed by atoms with van der Waals surface area (Å²) in [5, 5.41) is 0. The molecule has 2 rings (SSSR count). The number of hydrogen-bond acceptors (Lipinski definition) is 4. The molecule has 0 amide bonds. The molecule has 102 valence electrons. The Kier molecular flexibility index (Phi) is 2.02. The van der Waals surface area contributed by atoms with Crippen molar-refractivity contribution in [2.45, 2.75) is 0 Å². The van der Waals surface area contributed by atoms with Gasteiger partial charge in [-0.1, -0.05) is 24.2 Å². The molecule has 0 aromatic heterocycles. The van der Waals surface area contributed by atoms with E-state index in [1.807, 2.05) is 0 Å². The lowest BCUT2D eigenvalue weighted by atomic mass is 10.0. The minimum atomic E-state index is -1.09.